The number of hydrogen-bond acceptors (Lipinski definition) is 8. The van der Waals surface area contributed by atoms with Crippen LogP contribution in [0, 0.1) is 0 Å². The number of phosphoric acid groups is 1. The molecule has 3 atom stereocenters. The number of carbonyl (C=O) groups is 2. The second kappa shape index (κ2) is 36.8. The minimum absolute atomic E-state index is 0.0538. The maximum Gasteiger partial charge on any atom is 0.469 e. The Hall–Kier alpha value is -3.11. The predicted molar refractivity (Wildman–Crippen MR) is 218 cm³/mol. The van der Waals surface area contributed by atoms with Crippen molar-refractivity contribution < 1.29 is 48.2 Å². The van der Waals surface area contributed by atoms with Crippen molar-refractivity contribution in [3.8, 4) is 0 Å². The fraction of sp³-hybridized carbons (Fsp3) is 0.581. The van der Waals surface area contributed by atoms with E-state index in [2.05, 4.69) is 54.8 Å². The second-order valence-electron chi connectivity index (χ2n) is 12.9. The zero-order valence-electron chi connectivity index (χ0n) is 32.8. The normalized spacial score (nSPS) is 14.7. The first kappa shape index (κ1) is 50.9. The van der Waals surface area contributed by atoms with E-state index in [9.17, 15) is 24.4 Å². The average molecular weight is 777 g/mol. The lowest BCUT2D eigenvalue weighted by Crippen LogP contribution is -2.29. The Kier molecular flexibility index (Phi) is 34.7. The van der Waals surface area contributed by atoms with E-state index in [1.165, 1.54) is 19.3 Å². The lowest BCUT2D eigenvalue weighted by Gasteiger charge is -2.18. The van der Waals surface area contributed by atoms with Crippen molar-refractivity contribution in [2.24, 2.45) is 0 Å². The summed E-state index contributed by atoms with van der Waals surface area (Å²) in [5, 5.41) is 20.0. The Morgan fingerprint density at radius 2 is 1.06 bits per heavy atom. The fourth-order valence-corrected chi connectivity index (χ4v) is 5.11. The quantitative estimate of drug-likeness (QED) is 0.0163. The first-order chi connectivity index (χ1) is 26.1. The molecule has 0 fully saturated rings. The van der Waals surface area contributed by atoms with E-state index in [0.717, 1.165) is 51.4 Å². The van der Waals surface area contributed by atoms with E-state index in [-0.39, 0.29) is 12.8 Å². The van der Waals surface area contributed by atoms with Crippen LogP contribution < -0.4 is 0 Å². The van der Waals surface area contributed by atoms with Crippen LogP contribution in [-0.2, 0) is 28.2 Å². The minimum Gasteiger partial charge on any atom is -0.462 e. The summed E-state index contributed by atoms with van der Waals surface area (Å²) in [4.78, 5) is 42.8. The molecular formula is C43H69O10P. The van der Waals surface area contributed by atoms with Crippen molar-refractivity contribution in [2.75, 3.05) is 13.2 Å². The monoisotopic (exact) mass is 776 g/mol. The van der Waals surface area contributed by atoms with E-state index in [1.807, 2.05) is 42.5 Å². The number of carbonyl (C=O) groups excluding carboxylic acids is 2. The van der Waals surface area contributed by atoms with Crippen LogP contribution in [0.2, 0.25) is 0 Å². The third-order valence-corrected chi connectivity index (χ3v) is 8.27. The van der Waals surface area contributed by atoms with Crippen LogP contribution in [0.3, 0.4) is 0 Å². The zero-order chi connectivity index (χ0) is 40.0. The highest BCUT2D eigenvalue weighted by molar-refractivity contribution is 7.46. The van der Waals surface area contributed by atoms with Crippen molar-refractivity contribution >= 4 is 19.8 Å². The van der Waals surface area contributed by atoms with E-state index in [0.29, 0.717) is 32.1 Å². The number of rotatable bonds is 34. The summed E-state index contributed by atoms with van der Waals surface area (Å²) in [6, 6.07) is 0. The van der Waals surface area contributed by atoms with Gasteiger partial charge in [-0.1, -0.05) is 143 Å². The molecule has 0 aliphatic carbocycles. The van der Waals surface area contributed by atoms with Gasteiger partial charge in [0, 0.05) is 12.8 Å². The Morgan fingerprint density at radius 3 is 1.61 bits per heavy atom. The maximum atomic E-state index is 12.4. The van der Waals surface area contributed by atoms with Crippen LogP contribution in [0.25, 0.3) is 0 Å². The highest BCUT2D eigenvalue weighted by Gasteiger charge is 2.23. The van der Waals surface area contributed by atoms with E-state index < -0.39 is 51.3 Å². The number of aliphatic hydroxyl groups is 2. The molecule has 11 heteroatoms. The molecule has 0 aromatic heterocycles. The van der Waals surface area contributed by atoms with Gasteiger partial charge in [-0.05, 0) is 70.6 Å². The molecule has 10 nitrogen and oxygen atoms in total. The summed E-state index contributed by atoms with van der Waals surface area (Å²) in [5.74, 6) is -1.19. The van der Waals surface area contributed by atoms with Gasteiger partial charge in [0.2, 0.25) is 0 Å². The lowest BCUT2D eigenvalue weighted by atomic mass is 10.1. The van der Waals surface area contributed by atoms with Crippen LogP contribution in [0.5, 0.6) is 0 Å². The van der Waals surface area contributed by atoms with Crippen molar-refractivity contribution in [3.63, 3.8) is 0 Å². The molecule has 0 aliphatic heterocycles. The first-order valence-electron chi connectivity index (χ1n) is 19.7. The highest BCUT2D eigenvalue weighted by atomic mass is 31.2. The molecule has 0 saturated carbocycles. The highest BCUT2D eigenvalue weighted by Crippen LogP contribution is 2.36. The van der Waals surface area contributed by atoms with E-state index in [4.69, 9.17) is 19.3 Å². The van der Waals surface area contributed by atoms with Gasteiger partial charge < -0.3 is 29.5 Å². The molecule has 0 heterocycles. The van der Waals surface area contributed by atoms with Crippen LogP contribution in [-0.4, -0.2) is 63.5 Å². The van der Waals surface area contributed by atoms with E-state index in [1.54, 1.807) is 18.2 Å². The summed E-state index contributed by atoms with van der Waals surface area (Å²) in [5.41, 5.74) is 0. The molecule has 0 aromatic rings. The summed E-state index contributed by atoms with van der Waals surface area (Å²) in [6.45, 7) is 3.29. The summed E-state index contributed by atoms with van der Waals surface area (Å²) < 4.78 is 26.1. The summed E-state index contributed by atoms with van der Waals surface area (Å²) in [6.07, 6.45) is 43.4. The molecule has 0 spiro atoms. The van der Waals surface area contributed by atoms with Crippen LogP contribution in [0.15, 0.2) is 97.2 Å². The molecule has 0 amide bonds. The van der Waals surface area contributed by atoms with Crippen molar-refractivity contribution in [1.82, 2.24) is 0 Å². The van der Waals surface area contributed by atoms with Gasteiger partial charge in [0.1, 0.15) is 6.61 Å². The largest absolute Gasteiger partial charge is 0.469 e. The number of aliphatic hydroxyl groups excluding tert-OH is 2. The Balaban J connectivity index is 4.32. The van der Waals surface area contributed by atoms with Crippen molar-refractivity contribution in [3.05, 3.63) is 97.2 Å². The van der Waals surface area contributed by atoms with Gasteiger partial charge >= 0.3 is 19.8 Å². The minimum atomic E-state index is -4.84. The molecular weight excluding hydrogens is 707 g/mol. The predicted octanol–water partition coefficient (Wildman–Crippen LogP) is 9.78. The molecule has 0 radical (unpaired) electrons. The van der Waals surface area contributed by atoms with Crippen molar-refractivity contribution in [1.29, 1.82) is 0 Å². The molecule has 0 unspecified atom stereocenters. The molecule has 4 N–H and O–H groups in total. The number of hydrogen-bond donors (Lipinski definition) is 4. The van der Waals surface area contributed by atoms with Crippen LogP contribution >= 0.6 is 7.82 Å². The van der Waals surface area contributed by atoms with Crippen LogP contribution in [0.4, 0.5) is 0 Å². The van der Waals surface area contributed by atoms with Crippen LogP contribution in [0.1, 0.15) is 129 Å². The molecule has 0 rings (SSSR count). The maximum absolute atomic E-state index is 12.4. The van der Waals surface area contributed by atoms with Gasteiger partial charge in [0.25, 0.3) is 0 Å². The van der Waals surface area contributed by atoms with Gasteiger partial charge in [-0.3, -0.25) is 14.1 Å². The molecule has 0 aromatic carbocycles. The van der Waals surface area contributed by atoms with Gasteiger partial charge in [-0.25, -0.2) is 4.57 Å². The standard InChI is InChI=1S/C43H69O10P/c1-3-5-7-8-9-10-11-12-13-14-15-16-17-18-22-25-29-35-42(46)51-37-41(38-52-54(48,49)50)53-43(47)36-30-34-40(45)33-28-24-21-19-20-23-27-32-39(44)31-26-6-4-2/h9-10,12-13,15-16,18,20-24,27-28,32-33,39-41,44-45H,3-8,11,14,17,19,25-26,29-31,34-38H2,1-2H3,(H2,48,49,50)/b10-9-,13-12-,16-15-,22-18-,23-20-,24-21-,32-27+,33-28+/t39-,40-,41-/m1/s1. The Labute approximate surface area is 325 Å². The second-order valence-corrected chi connectivity index (χ2v) is 14.2. The van der Waals surface area contributed by atoms with Gasteiger partial charge in [-0.2, -0.15) is 0 Å². The third-order valence-electron chi connectivity index (χ3n) is 7.78. The first-order valence-corrected chi connectivity index (χ1v) is 21.3. The van der Waals surface area contributed by atoms with E-state index >= 15 is 0 Å². The van der Waals surface area contributed by atoms with Gasteiger partial charge in [-0.15, -0.1) is 0 Å². The topological polar surface area (TPSA) is 160 Å². The smallest absolute Gasteiger partial charge is 0.462 e. The summed E-state index contributed by atoms with van der Waals surface area (Å²) >= 11 is 0. The zero-order valence-corrected chi connectivity index (χ0v) is 33.7. The number of unbranched alkanes of at least 4 members (excludes halogenated alkanes) is 6. The fourth-order valence-electron chi connectivity index (χ4n) is 4.75. The number of esters is 2. The number of allylic oxidation sites excluding steroid dienone is 14. The molecule has 54 heavy (non-hydrogen) atoms. The molecule has 0 bridgehead atoms. The Bertz CT molecular complexity index is 1220. The average Bonchev–Trinajstić information content (AvgIpc) is 3.13. The Morgan fingerprint density at radius 1 is 0.574 bits per heavy atom. The van der Waals surface area contributed by atoms with Crippen molar-refractivity contribution in [2.45, 2.75) is 148 Å². The number of phosphoric ester groups is 1. The SMILES string of the molecule is CCCCC/C=C\C/C=C\C/C=C\C/C=C\CCCC(=O)OC[C@H](COP(=O)(O)O)OC(=O)CCC[C@H](O)/C=C/C=C\C/C=C\C=C\[C@H](O)CCCCC. The lowest BCUT2D eigenvalue weighted by molar-refractivity contribution is -0.161. The molecule has 0 saturated heterocycles. The van der Waals surface area contributed by atoms with Gasteiger partial charge in [0.15, 0.2) is 6.10 Å². The molecule has 306 valence electrons. The third kappa shape index (κ3) is 38.6. The number of ether oxygens (including phenoxy) is 2. The van der Waals surface area contributed by atoms with Gasteiger partial charge in [0.05, 0.1) is 18.8 Å². The molecule has 0 aliphatic rings. The summed E-state index contributed by atoms with van der Waals surface area (Å²) in [7, 11) is -4.84.